The van der Waals surface area contributed by atoms with Crippen LogP contribution in [-0.4, -0.2) is 37.5 Å². The number of rotatable bonds is 7. The van der Waals surface area contributed by atoms with Crippen LogP contribution in [0.2, 0.25) is 0 Å². The van der Waals surface area contributed by atoms with Gasteiger partial charge in [-0.15, -0.1) is 0 Å². The maximum absolute atomic E-state index is 13.0. The average molecular weight is 380 g/mol. The topological polar surface area (TPSA) is 67.9 Å². The molecule has 3 rings (SSSR count). The Labute approximate surface area is 164 Å². The van der Waals surface area contributed by atoms with E-state index < -0.39 is 0 Å². The van der Waals surface area contributed by atoms with E-state index in [2.05, 4.69) is 5.32 Å². The predicted octanol–water partition coefficient (Wildman–Crippen LogP) is 3.61. The third-order valence-corrected chi connectivity index (χ3v) is 4.62. The van der Waals surface area contributed by atoms with Crippen LogP contribution in [0.1, 0.15) is 24.5 Å². The van der Waals surface area contributed by atoms with Gasteiger partial charge in [0, 0.05) is 12.6 Å². The van der Waals surface area contributed by atoms with Gasteiger partial charge in [0.15, 0.2) is 0 Å². The molecule has 6 heteroatoms. The lowest BCUT2D eigenvalue weighted by atomic mass is 10.0. The Bertz CT molecular complexity index is 932. The highest BCUT2D eigenvalue weighted by molar-refractivity contribution is 6.36. The van der Waals surface area contributed by atoms with Crippen molar-refractivity contribution in [1.29, 1.82) is 0 Å². The maximum atomic E-state index is 13.0. The molecule has 1 heterocycles. The minimum absolute atomic E-state index is 0.255. The molecule has 0 atom stereocenters. The third kappa shape index (κ3) is 3.58. The lowest BCUT2D eigenvalue weighted by Gasteiger charge is -2.15. The molecule has 1 aliphatic rings. The first-order chi connectivity index (χ1) is 13.5. The Morgan fingerprint density at radius 1 is 0.964 bits per heavy atom. The molecule has 1 N–H and O–H groups in total. The number of carbonyl (C=O) groups excluding carboxylic acids is 2. The lowest BCUT2D eigenvalue weighted by molar-refractivity contribution is -0.136. The van der Waals surface area contributed by atoms with E-state index >= 15 is 0 Å². The van der Waals surface area contributed by atoms with Crippen molar-refractivity contribution in [3.8, 4) is 11.5 Å². The largest absolute Gasteiger partial charge is 0.497 e. The Morgan fingerprint density at radius 2 is 1.68 bits per heavy atom. The van der Waals surface area contributed by atoms with Crippen LogP contribution in [0.3, 0.4) is 0 Å². The summed E-state index contributed by atoms with van der Waals surface area (Å²) in [5, 5.41) is 3.13. The molecule has 0 aliphatic carbocycles. The van der Waals surface area contributed by atoms with Crippen LogP contribution in [0.15, 0.2) is 48.2 Å². The zero-order chi connectivity index (χ0) is 20.3. The molecule has 0 fully saturated rings. The molecule has 0 aromatic heterocycles. The third-order valence-electron chi connectivity index (χ3n) is 4.62. The standard InChI is InChI=1S/C22H24N2O4/c1-5-12-24-21(25)19(15-8-6-14(2)7-9-15)20(22(24)26)23-17-11-10-16(27-3)13-18(17)28-4/h6-11,13,23H,5,12H2,1-4H3. The molecule has 2 aromatic rings. The van der Waals surface area contributed by atoms with Gasteiger partial charge in [-0.3, -0.25) is 14.5 Å². The number of benzene rings is 2. The van der Waals surface area contributed by atoms with E-state index in [-0.39, 0.29) is 17.5 Å². The van der Waals surface area contributed by atoms with Crippen LogP contribution in [0, 0.1) is 6.92 Å². The van der Waals surface area contributed by atoms with Crippen LogP contribution in [0.25, 0.3) is 5.57 Å². The number of hydrogen-bond donors (Lipinski definition) is 1. The smallest absolute Gasteiger partial charge is 0.278 e. The molecule has 0 spiro atoms. The molecule has 6 nitrogen and oxygen atoms in total. The van der Waals surface area contributed by atoms with Crippen molar-refractivity contribution < 1.29 is 19.1 Å². The second-order valence-electron chi connectivity index (χ2n) is 6.57. The first-order valence-electron chi connectivity index (χ1n) is 9.16. The monoisotopic (exact) mass is 380 g/mol. The number of hydrogen-bond acceptors (Lipinski definition) is 5. The van der Waals surface area contributed by atoms with Gasteiger partial charge in [0.25, 0.3) is 11.8 Å². The minimum Gasteiger partial charge on any atom is -0.497 e. The van der Waals surface area contributed by atoms with E-state index in [1.54, 1.807) is 32.4 Å². The van der Waals surface area contributed by atoms with E-state index in [1.165, 1.54) is 4.90 Å². The normalized spacial score (nSPS) is 13.9. The molecule has 0 saturated heterocycles. The molecule has 0 radical (unpaired) electrons. The Balaban J connectivity index is 2.08. The fourth-order valence-electron chi connectivity index (χ4n) is 3.14. The zero-order valence-electron chi connectivity index (χ0n) is 16.5. The van der Waals surface area contributed by atoms with E-state index in [4.69, 9.17) is 9.47 Å². The number of ether oxygens (including phenoxy) is 2. The van der Waals surface area contributed by atoms with Gasteiger partial charge >= 0.3 is 0 Å². The summed E-state index contributed by atoms with van der Waals surface area (Å²) in [6, 6.07) is 12.8. The van der Waals surface area contributed by atoms with Crippen molar-refractivity contribution in [1.82, 2.24) is 4.90 Å². The molecule has 28 heavy (non-hydrogen) atoms. The van der Waals surface area contributed by atoms with Crippen molar-refractivity contribution in [2.75, 3.05) is 26.1 Å². The molecule has 2 amide bonds. The first-order valence-corrected chi connectivity index (χ1v) is 9.16. The van der Waals surface area contributed by atoms with Gasteiger partial charge in [0.1, 0.15) is 17.2 Å². The summed E-state index contributed by atoms with van der Waals surface area (Å²) < 4.78 is 10.6. The first kappa shape index (κ1) is 19.5. The number of nitrogens with zero attached hydrogens (tertiary/aromatic N) is 1. The highest BCUT2D eigenvalue weighted by Gasteiger charge is 2.38. The number of anilines is 1. The second kappa shape index (κ2) is 8.17. The summed E-state index contributed by atoms with van der Waals surface area (Å²) >= 11 is 0. The summed E-state index contributed by atoms with van der Waals surface area (Å²) in [5.41, 5.74) is 3.00. The number of carbonyl (C=O) groups is 2. The van der Waals surface area contributed by atoms with E-state index in [0.717, 1.165) is 5.56 Å². The minimum atomic E-state index is -0.333. The van der Waals surface area contributed by atoms with E-state index in [0.29, 0.717) is 41.3 Å². The van der Waals surface area contributed by atoms with Gasteiger partial charge in [-0.1, -0.05) is 36.8 Å². The Kier molecular flexibility index (Phi) is 5.68. The van der Waals surface area contributed by atoms with Crippen LogP contribution in [-0.2, 0) is 9.59 Å². The average Bonchev–Trinajstić information content (AvgIpc) is 2.93. The van der Waals surface area contributed by atoms with Crippen LogP contribution in [0.5, 0.6) is 11.5 Å². The Morgan fingerprint density at radius 3 is 2.29 bits per heavy atom. The fourth-order valence-corrected chi connectivity index (χ4v) is 3.14. The SMILES string of the molecule is CCCN1C(=O)C(Nc2ccc(OC)cc2OC)=C(c2ccc(C)cc2)C1=O. The quantitative estimate of drug-likeness (QED) is 0.743. The number of imide groups is 1. The molecule has 0 unspecified atom stereocenters. The van der Waals surface area contributed by atoms with Crippen LogP contribution >= 0.6 is 0 Å². The van der Waals surface area contributed by atoms with Crippen molar-refractivity contribution in [2.24, 2.45) is 0 Å². The summed E-state index contributed by atoms with van der Waals surface area (Å²) in [6.07, 6.45) is 0.692. The number of aryl methyl sites for hydroxylation is 1. The summed E-state index contributed by atoms with van der Waals surface area (Å²) in [7, 11) is 3.11. The van der Waals surface area contributed by atoms with Gasteiger partial charge in [-0.25, -0.2) is 0 Å². The van der Waals surface area contributed by atoms with Gasteiger partial charge in [0.2, 0.25) is 0 Å². The highest BCUT2D eigenvalue weighted by Crippen LogP contribution is 2.35. The molecule has 0 bridgehead atoms. The zero-order valence-corrected chi connectivity index (χ0v) is 16.5. The molecule has 1 aliphatic heterocycles. The second-order valence-corrected chi connectivity index (χ2v) is 6.57. The molecule has 146 valence electrons. The van der Waals surface area contributed by atoms with E-state index in [1.807, 2.05) is 38.1 Å². The van der Waals surface area contributed by atoms with Crippen LogP contribution in [0.4, 0.5) is 5.69 Å². The number of amides is 2. The van der Waals surface area contributed by atoms with Gasteiger partial charge < -0.3 is 14.8 Å². The van der Waals surface area contributed by atoms with E-state index in [9.17, 15) is 9.59 Å². The molecule has 0 saturated carbocycles. The summed E-state index contributed by atoms with van der Waals surface area (Å²) in [4.78, 5) is 27.3. The van der Waals surface area contributed by atoms with Crippen molar-refractivity contribution >= 4 is 23.1 Å². The van der Waals surface area contributed by atoms with Crippen molar-refractivity contribution in [3.63, 3.8) is 0 Å². The highest BCUT2D eigenvalue weighted by atomic mass is 16.5. The number of nitrogens with one attached hydrogen (secondary N) is 1. The lowest BCUT2D eigenvalue weighted by Crippen LogP contribution is -2.33. The molecular weight excluding hydrogens is 356 g/mol. The summed E-state index contributed by atoms with van der Waals surface area (Å²) in [5.74, 6) is 0.534. The molecule has 2 aromatic carbocycles. The van der Waals surface area contributed by atoms with Gasteiger partial charge in [-0.2, -0.15) is 0 Å². The van der Waals surface area contributed by atoms with Gasteiger partial charge in [-0.05, 0) is 31.0 Å². The van der Waals surface area contributed by atoms with Crippen molar-refractivity contribution in [2.45, 2.75) is 20.3 Å². The van der Waals surface area contributed by atoms with Gasteiger partial charge in [0.05, 0.1) is 25.5 Å². The number of methoxy groups -OCH3 is 2. The predicted molar refractivity (Wildman–Crippen MR) is 108 cm³/mol. The van der Waals surface area contributed by atoms with Crippen LogP contribution < -0.4 is 14.8 Å². The summed E-state index contributed by atoms with van der Waals surface area (Å²) in [6.45, 7) is 4.28. The van der Waals surface area contributed by atoms with Crippen molar-refractivity contribution in [3.05, 3.63) is 59.3 Å². The fraction of sp³-hybridized carbons (Fsp3) is 0.273. The molecular formula is C22H24N2O4. The maximum Gasteiger partial charge on any atom is 0.278 e. The Hall–Kier alpha value is -3.28.